The molecular formula is C23H27NO3. The average molecular weight is 365 g/mol. The third-order valence-electron chi connectivity index (χ3n) is 5.05. The van der Waals surface area contributed by atoms with Crippen LogP contribution < -0.4 is 9.47 Å². The van der Waals surface area contributed by atoms with Crippen molar-refractivity contribution in [2.45, 2.75) is 31.7 Å². The van der Waals surface area contributed by atoms with Crippen LogP contribution in [0.2, 0.25) is 0 Å². The van der Waals surface area contributed by atoms with Crippen molar-refractivity contribution in [3.05, 3.63) is 65.7 Å². The molecule has 0 N–H and O–H groups in total. The molecule has 3 rings (SSSR count). The molecule has 2 aromatic carbocycles. The zero-order chi connectivity index (χ0) is 19.1. The van der Waals surface area contributed by atoms with Crippen LogP contribution in [0.4, 0.5) is 0 Å². The summed E-state index contributed by atoms with van der Waals surface area (Å²) in [6, 6.07) is 16.3. The van der Waals surface area contributed by atoms with Crippen molar-refractivity contribution < 1.29 is 14.3 Å². The van der Waals surface area contributed by atoms with Gasteiger partial charge in [-0.3, -0.25) is 4.79 Å². The SMILES string of the molecule is COc1ccc(/C=C\C(=O)N2CCCC[C@H]2Cc2ccccc2)cc1OC. The van der Waals surface area contributed by atoms with Gasteiger partial charge in [-0.2, -0.15) is 0 Å². The summed E-state index contributed by atoms with van der Waals surface area (Å²) in [4.78, 5) is 14.9. The molecule has 0 aliphatic carbocycles. The summed E-state index contributed by atoms with van der Waals surface area (Å²) in [5, 5.41) is 0. The molecule has 4 heteroatoms. The van der Waals surface area contributed by atoms with Gasteiger partial charge in [-0.15, -0.1) is 0 Å². The highest BCUT2D eigenvalue weighted by Crippen LogP contribution is 2.28. The van der Waals surface area contributed by atoms with Crippen LogP contribution in [0, 0.1) is 0 Å². The van der Waals surface area contributed by atoms with Crippen molar-refractivity contribution in [1.29, 1.82) is 0 Å². The highest BCUT2D eigenvalue weighted by molar-refractivity contribution is 5.92. The van der Waals surface area contributed by atoms with Crippen LogP contribution in [0.15, 0.2) is 54.6 Å². The van der Waals surface area contributed by atoms with E-state index in [2.05, 4.69) is 24.3 Å². The molecule has 1 amide bonds. The second kappa shape index (κ2) is 9.26. The van der Waals surface area contributed by atoms with Gasteiger partial charge in [0.05, 0.1) is 14.2 Å². The number of piperidine rings is 1. The Hall–Kier alpha value is -2.75. The van der Waals surface area contributed by atoms with Crippen molar-refractivity contribution in [1.82, 2.24) is 4.90 Å². The van der Waals surface area contributed by atoms with Gasteiger partial charge in [0.2, 0.25) is 5.91 Å². The second-order valence-electron chi connectivity index (χ2n) is 6.82. The lowest BCUT2D eigenvalue weighted by molar-refractivity contribution is -0.129. The van der Waals surface area contributed by atoms with Crippen molar-refractivity contribution in [3.8, 4) is 11.5 Å². The van der Waals surface area contributed by atoms with Gasteiger partial charge in [-0.25, -0.2) is 0 Å². The van der Waals surface area contributed by atoms with Crippen LogP contribution in [0.5, 0.6) is 11.5 Å². The van der Waals surface area contributed by atoms with Gasteiger partial charge < -0.3 is 14.4 Å². The Balaban J connectivity index is 1.70. The first-order valence-electron chi connectivity index (χ1n) is 9.46. The van der Waals surface area contributed by atoms with Crippen LogP contribution in [0.3, 0.4) is 0 Å². The molecule has 4 nitrogen and oxygen atoms in total. The molecule has 0 aromatic heterocycles. The zero-order valence-electron chi connectivity index (χ0n) is 16.1. The van der Waals surface area contributed by atoms with Crippen molar-refractivity contribution >= 4 is 12.0 Å². The van der Waals surface area contributed by atoms with Gasteiger partial charge in [0.15, 0.2) is 11.5 Å². The quantitative estimate of drug-likeness (QED) is 0.715. The van der Waals surface area contributed by atoms with Gasteiger partial charge in [0, 0.05) is 18.7 Å². The average Bonchev–Trinajstić information content (AvgIpc) is 2.73. The third-order valence-corrected chi connectivity index (χ3v) is 5.05. The van der Waals surface area contributed by atoms with Crippen LogP contribution in [0.25, 0.3) is 6.08 Å². The number of carbonyl (C=O) groups is 1. The Kier molecular flexibility index (Phi) is 6.53. The fourth-order valence-electron chi connectivity index (χ4n) is 3.61. The molecule has 0 spiro atoms. The number of carbonyl (C=O) groups excluding carboxylic acids is 1. The summed E-state index contributed by atoms with van der Waals surface area (Å²) in [6.07, 6.45) is 7.74. The number of hydrogen-bond acceptors (Lipinski definition) is 3. The Morgan fingerprint density at radius 3 is 2.59 bits per heavy atom. The molecule has 0 saturated carbocycles. The first-order chi connectivity index (χ1) is 13.2. The fourth-order valence-corrected chi connectivity index (χ4v) is 3.61. The Morgan fingerprint density at radius 2 is 1.85 bits per heavy atom. The molecule has 1 fully saturated rings. The summed E-state index contributed by atoms with van der Waals surface area (Å²) >= 11 is 0. The highest BCUT2D eigenvalue weighted by atomic mass is 16.5. The number of likely N-dealkylation sites (tertiary alicyclic amines) is 1. The van der Waals surface area contributed by atoms with E-state index in [1.165, 1.54) is 12.0 Å². The molecule has 0 unspecified atom stereocenters. The standard InChI is InChI=1S/C23H27NO3/c1-26-21-13-11-19(17-22(21)27-2)12-14-23(25)24-15-7-6-10-20(24)16-18-8-4-3-5-9-18/h3-5,8-9,11-14,17,20H,6-7,10,15-16H2,1-2H3/b14-12-/t20-/m0/s1. The van der Waals surface area contributed by atoms with Gasteiger partial charge >= 0.3 is 0 Å². The van der Waals surface area contributed by atoms with Gasteiger partial charge in [-0.05, 0) is 55.0 Å². The van der Waals surface area contributed by atoms with Gasteiger partial charge in [-0.1, -0.05) is 36.4 Å². The van der Waals surface area contributed by atoms with Crippen molar-refractivity contribution in [2.24, 2.45) is 0 Å². The largest absolute Gasteiger partial charge is 0.493 e. The van der Waals surface area contributed by atoms with Crippen molar-refractivity contribution in [2.75, 3.05) is 20.8 Å². The molecule has 27 heavy (non-hydrogen) atoms. The minimum absolute atomic E-state index is 0.0745. The van der Waals surface area contributed by atoms with E-state index in [9.17, 15) is 4.79 Å². The molecule has 1 aliphatic heterocycles. The Bertz CT molecular complexity index is 785. The van der Waals surface area contributed by atoms with E-state index in [1.54, 1.807) is 20.3 Å². The minimum Gasteiger partial charge on any atom is -0.493 e. The van der Waals surface area contributed by atoms with E-state index in [0.717, 1.165) is 31.4 Å². The Labute approximate surface area is 161 Å². The fraction of sp³-hybridized carbons (Fsp3) is 0.348. The lowest BCUT2D eigenvalue weighted by Gasteiger charge is -2.35. The molecule has 1 saturated heterocycles. The predicted octanol–water partition coefficient (Wildman–Crippen LogP) is 4.34. The van der Waals surface area contributed by atoms with E-state index in [1.807, 2.05) is 35.2 Å². The monoisotopic (exact) mass is 365 g/mol. The lowest BCUT2D eigenvalue weighted by Crippen LogP contribution is -2.44. The summed E-state index contributed by atoms with van der Waals surface area (Å²) in [7, 11) is 3.22. The van der Waals surface area contributed by atoms with E-state index >= 15 is 0 Å². The smallest absolute Gasteiger partial charge is 0.246 e. The summed E-state index contributed by atoms with van der Waals surface area (Å²) in [5.41, 5.74) is 2.20. The normalized spacial score (nSPS) is 17.1. The van der Waals surface area contributed by atoms with Gasteiger partial charge in [0.25, 0.3) is 0 Å². The number of hydrogen-bond donors (Lipinski definition) is 0. The van der Waals surface area contributed by atoms with E-state index in [-0.39, 0.29) is 11.9 Å². The number of rotatable bonds is 6. The number of ether oxygens (including phenoxy) is 2. The maximum absolute atomic E-state index is 12.8. The summed E-state index contributed by atoms with van der Waals surface area (Å²) in [5.74, 6) is 1.41. The first-order valence-corrected chi connectivity index (χ1v) is 9.46. The molecular weight excluding hydrogens is 338 g/mol. The molecule has 2 aromatic rings. The molecule has 1 heterocycles. The molecule has 1 aliphatic rings. The predicted molar refractivity (Wildman–Crippen MR) is 108 cm³/mol. The number of nitrogens with zero attached hydrogens (tertiary/aromatic N) is 1. The maximum Gasteiger partial charge on any atom is 0.246 e. The molecule has 0 bridgehead atoms. The van der Waals surface area contributed by atoms with Gasteiger partial charge in [0.1, 0.15) is 0 Å². The second-order valence-corrected chi connectivity index (χ2v) is 6.82. The third kappa shape index (κ3) is 4.91. The number of methoxy groups -OCH3 is 2. The minimum atomic E-state index is 0.0745. The van der Waals surface area contributed by atoms with E-state index in [4.69, 9.17) is 9.47 Å². The number of amides is 1. The topological polar surface area (TPSA) is 38.8 Å². The van der Waals surface area contributed by atoms with E-state index < -0.39 is 0 Å². The summed E-state index contributed by atoms with van der Waals surface area (Å²) in [6.45, 7) is 0.826. The lowest BCUT2D eigenvalue weighted by atomic mass is 9.95. The zero-order valence-corrected chi connectivity index (χ0v) is 16.1. The van der Waals surface area contributed by atoms with E-state index in [0.29, 0.717) is 11.5 Å². The van der Waals surface area contributed by atoms with Crippen molar-refractivity contribution in [3.63, 3.8) is 0 Å². The highest BCUT2D eigenvalue weighted by Gasteiger charge is 2.25. The van der Waals surface area contributed by atoms with Crippen LogP contribution in [0.1, 0.15) is 30.4 Å². The summed E-state index contributed by atoms with van der Waals surface area (Å²) < 4.78 is 10.6. The molecule has 1 atom stereocenters. The Morgan fingerprint density at radius 1 is 1.07 bits per heavy atom. The molecule has 142 valence electrons. The maximum atomic E-state index is 12.8. The van der Waals surface area contributed by atoms with Crippen LogP contribution >= 0.6 is 0 Å². The number of benzene rings is 2. The first kappa shape index (κ1) is 19.0. The molecule has 0 radical (unpaired) electrons. The van der Waals surface area contributed by atoms with Crippen LogP contribution in [-0.2, 0) is 11.2 Å². The van der Waals surface area contributed by atoms with Crippen LogP contribution in [-0.4, -0.2) is 37.6 Å².